The predicted octanol–water partition coefficient (Wildman–Crippen LogP) is 5.20. The van der Waals surface area contributed by atoms with Crippen molar-refractivity contribution >= 4 is 44.9 Å². The van der Waals surface area contributed by atoms with E-state index in [1.54, 1.807) is 18.5 Å². The van der Waals surface area contributed by atoms with E-state index in [2.05, 4.69) is 36.0 Å². The van der Waals surface area contributed by atoms with Gasteiger partial charge in [0, 0.05) is 43.2 Å². The number of amides is 2. The highest BCUT2D eigenvalue weighted by Crippen LogP contribution is 2.42. The molecule has 4 heterocycles. The minimum Gasteiger partial charge on any atom is -0.352 e. The Morgan fingerprint density at radius 3 is 2.58 bits per heavy atom. The summed E-state index contributed by atoms with van der Waals surface area (Å²) in [6.45, 7) is 9.35. The van der Waals surface area contributed by atoms with Crippen LogP contribution >= 0.6 is 11.3 Å². The smallest absolute Gasteiger partial charge is 0.228 e. The molecule has 8 nitrogen and oxygen atoms in total. The Labute approximate surface area is 239 Å². The van der Waals surface area contributed by atoms with Crippen molar-refractivity contribution in [3.8, 4) is 0 Å². The number of fused-ring (bicyclic) bond motifs is 3. The molecule has 3 aliphatic rings. The van der Waals surface area contributed by atoms with E-state index in [-0.39, 0.29) is 29.6 Å². The number of hydrogen-bond donors (Lipinski definition) is 1. The zero-order chi connectivity index (χ0) is 27.8. The van der Waals surface area contributed by atoms with Gasteiger partial charge in [-0.15, -0.1) is 11.3 Å². The van der Waals surface area contributed by atoms with E-state index < -0.39 is 0 Å². The van der Waals surface area contributed by atoms with Crippen molar-refractivity contribution in [3.05, 3.63) is 52.9 Å². The largest absolute Gasteiger partial charge is 0.352 e. The number of carbonyl (C=O) groups is 2. The minimum atomic E-state index is -0.384. The van der Waals surface area contributed by atoms with Gasteiger partial charge in [-0.05, 0) is 55.7 Å². The first-order valence-electron chi connectivity index (χ1n) is 14.6. The molecule has 6 rings (SSSR count). The molecule has 0 bridgehead atoms. The van der Waals surface area contributed by atoms with Gasteiger partial charge in [0.25, 0.3) is 0 Å². The molecule has 3 atom stereocenters. The van der Waals surface area contributed by atoms with Crippen molar-refractivity contribution in [3.63, 3.8) is 0 Å². The number of thiophene rings is 1. The second kappa shape index (κ2) is 11.3. The zero-order valence-electron chi connectivity index (χ0n) is 23.6. The lowest BCUT2D eigenvalue weighted by molar-refractivity contribution is -0.141. The third kappa shape index (κ3) is 5.23. The molecule has 1 saturated heterocycles. The molecule has 210 valence electrons. The lowest BCUT2D eigenvalue weighted by Gasteiger charge is -2.39. The Morgan fingerprint density at radius 2 is 1.85 bits per heavy atom. The lowest BCUT2D eigenvalue weighted by Crippen LogP contribution is -2.52. The van der Waals surface area contributed by atoms with Crippen LogP contribution in [0.3, 0.4) is 0 Å². The number of hydrogen-bond acceptors (Lipinski definition) is 7. The maximum Gasteiger partial charge on any atom is 0.228 e. The number of pyridine rings is 1. The summed E-state index contributed by atoms with van der Waals surface area (Å²) >= 11 is 1.85. The zero-order valence-corrected chi connectivity index (χ0v) is 24.4. The van der Waals surface area contributed by atoms with Crippen molar-refractivity contribution in [2.45, 2.75) is 58.8 Å². The van der Waals surface area contributed by atoms with Crippen LogP contribution in [0.2, 0.25) is 0 Å². The highest BCUT2D eigenvalue weighted by atomic mass is 32.1. The van der Waals surface area contributed by atoms with E-state index in [0.29, 0.717) is 37.5 Å². The SMILES string of the molecule is CC(C)c1nc(N2CCN(C(=O)[C@@H]3CC=CC[C@@H]3C(=O)Nc3cccnc3)CC2)c2c3c(sc2n1)C[C@@H](C)CC3. The second-order valence-electron chi connectivity index (χ2n) is 11.8. The van der Waals surface area contributed by atoms with Crippen molar-refractivity contribution in [2.75, 3.05) is 36.4 Å². The Hall–Kier alpha value is -3.33. The number of anilines is 2. The molecule has 2 amide bonds. The quantitative estimate of drug-likeness (QED) is 0.433. The molecule has 9 heteroatoms. The van der Waals surface area contributed by atoms with E-state index >= 15 is 0 Å². The molecule has 0 unspecified atom stereocenters. The molecule has 1 N–H and O–H groups in total. The molecule has 0 aromatic carbocycles. The van der Waals surface area contributed by atoms with Gasteiger partial charge < -0.3 is 15.1 Å². The standard InChI is InChI=1S/C31H38N6O2S/c1-19(2)27-34-28(26-24-11-10-20(3)17-25(24)40-30(26)35-27)36-13-15-37(16-14-36)31(39)23-9-5-4-8-22(23)29(38)33-21-7-6-12-32-18-21/h4-7,12,18-20,22-23H,8-11,13-17H2,1-3H3,(H,33,38)/t20-,22-,23+/m0/s1. The molecule has 0 saturated carbocycles. The van der Waals surface area contributed by atoms with Gasteiger partial charge in [-0.1, -0.05) is 32.9 Å². The van der Waals surface area contributed by atoms with Gasteiger partial charge >= 0.3 is 0 Å². The average Bonchev–Trinajstić information content (AvgIpc) is 3.34. The minimum absolute atomic E-state index is 0.0768. The van der Waals surface area contributed by atoms with Crippen molar-refractivity contribution in [1.29, 1.82) is 0 Å². The Kier molecular flexibility index (Phi) is 7.57. The molecule has 3 aromatic heterocycles. The number of carbonyl (C=O) groups excluding carboxylic acids is 2. The molecule has 1 aliphatic heterocycles. The maximum absolute atomic E-state index is 13.8. The molecule has 1 fully saturated rings. The van der Waals surface area contributed by atoms with Crippen LogP contribution in [0, 0.1) is 17.8 Å². The van der Waals surface area contributed by atoms with Gasteiger partial charge in [0.05, 0.1) is 29.1 Å². The second-order valence-corrected chi connectivity index (χ2v) is 12.9. The third-order valence-corrected chi connectivity index (χ3v) is 9.72. The van der Waals surface area contributed by atoms with Crippen molar-refractivity contribution < 1.29 is 9.59 Å². The van der Waals surface area contributed by atoms with Crippen LogP contribution in [0.5, 0.6) is 0 Å². The summed E-state index contributed by atoms with van der Waals surface area (Å²) in [7, 11) is 0. The Bertz CT molecular complexity index is 1430. The van der Waals surface area contributed by atoms with Gasteiger partial charge in [-0.2, -0.15) is 0 Å². The fourth-order valence-electron chi connectivity index (χ4n) is 6.25. The summed E-state index contributed by atoms with van der Waals surface area (Å²) in [4.78, 5) is 48.0. The van der Waals surface area contributed by atoms with Crippen LogP contribution in [0.25, 0.3) is 10.2 Å². The normalized spacial score (nSPS) is 22.9. The maximum atomic E-state index is 13.8. The van der Waals surface area contributed by atoms with E-state index in [1.807, 2.05) is 34.5 Å². The van der Waals surface area contributed by atoms with Gasteiger partial charge in [0.15, 0.2) is 0 Å². The number of aromatic nitrogens is 3. The van der Waals surface area contributed by atoms with Crippen LogP contribution < -0.4 is 10.2 Å². The van der Waals surface area contributed by atoms with Crippen LogP contribution in [0.15, 0.2) is 36.7 Å². The summed E-state index contributed by atoms with van der Waals surface area (Å²) in [6.07, 6.45) is 11.9. The van der Waals surface area contributed by atoms with Gasteiger partial charge in [0.2, 0.25) is 11.8 Å². The number of piperazine rings is 1. The first-order valence-corrected chi connectivity index (χ1v) is 15.4. The third-order valence-electron chi connectivity index (χ3n) is 8.58. The van der Waals surface area contributed by atoms with Crippen molar-refractivity contribution in [1.82, 2.24) is 19.9 Å². The summed E-state index contributed by atoms with van der Waals surface area (Å²) in [5.74, 6) is 2.12. The van der Waals surface area contributed by atoms with Crippen LogP contribution in [0.1, 0.15) is 62.2 Å². The number of allylic oxidation sites excluding steroid dienone is 2. The van der Waals surface area contributed by atoms with Gasteiger partial charge in [-0.3, -0.25) is 14.6 Å². The van der Waals surface area contributed by atoms with Crippen LogP contribution in [-0.4, -0.2) is 57.8 Å². The summed E-state index contributed by atoms with van der Waals surface area (Å²) in [5.41, 5.74) is 2.10. The lowest BCUT2D eigenvalue weighted by atomic mass is 9.81. The molecular weight excluding hydrogens is 520 g/mol. The average molecular weight is 559 g/mol. The van der Waals surface area contributed by atoms with E-state index in [0.717, 1.165) is 42.4 Å². The fourth-order valence-corrected chi connectivity index (χ4v) is 7.63. The predicted molar refractivity (Wildman–Crippen MR) is 160 cm³/mol. The number of rotatable bonds is 5. The number of nitrogens with zero attached hydrogens (tertiary/aromatic N) is 5. The Morgan fingerprint density at radius 1 is 1.07 bits per heavy atom. The fraction of sp³-hybridized carbons (Fsp3) is 0.516. The number of aryl methyl sites for hydroxylation is 1. The highest BCUT2D eigenvalue weighted by Gasteiger charge is 2.38. The molecule has 2 aliphatic carbocycles. The van der Waals surface area contributed by atoms with Crippen LogP contribution in [-0.2, 0) is 22.4 Å². The highest BCUT2D eigenvalue weighted by molar-refractivity contribution is 7.19. The summed E-state index contributed by atoms with van der Waals surface area (Å²) in [6, 6.07) is 3.61. The Balaban J connectivity index is 1.19. The summed E-state index contributed by atoms with van der Waals surface area (Å²) < 4.78 is 0. The first-order chi connectivity index (χ1) is 19.4. The number of nitrogens with one attached hydrogen (secondary N) is 1. The van der Waals surface area contributed by atoms with E-state index in [9.17, 15) is 9.59 Å². The molecule has 0 spiro atoms. The van der Waals surface area contributed by atoms with Crippen molar-refractivity contribution in [2.24, 2.45) is 17.8 Å². The molecule has 0 radical (unpaired) electrons. The van der Waals surface area contributed by atoms with E-state index in [4.69, 9.17) is 9.97 Å². The molecule has 3 aromatic rings. The molecular formula is C31H38N6O2S. The topological polar surface area (TPSA) is 91.3 Å². The van der Waals surface area contributed by atoms with E-state index in [1.165, 1.54) is 22.2 Å². The monoisotopic (exact) mass is 558 g/mol. The molecule has 40 heavy (non-hydrogen) atoms. The first kappa shape index (κ1) is 26.9. The summed E-state index contributed by atoms with van der Waals surface area (Å²) in [5, 5.41) is 4.19. The van der Waals surface area contributed by atoms with Gasteiger partial charge in [-0.25, -0.2) is 9.97 Å². The van der Waals surface area contributed by atoms with Crippen LogP contribution in [0.4, 0.5) is 11.5 Å². The van der Waals surface area contributed by atoms with Gasteiger partial charge in [0.1, 0.15) is 16.5 Å².